The van der Waals surface area contributed by atoms with Crippen molar-refractivity contribution in [1.82, 2.24) is 24.9 Å². The van der Waals surface area contributed by atoms with Gasteiger partial charge in [-0.05, 0) is 34.2 Å². The Balaban J connectivity index is 1.49. The molecule has 0 radical (unpaired) electrons. The molecular weight excluding hydrogens is 322 g/mol. The van der Waals surface area contributed by atoms with E-state index in [1.165, 1.54) is 0 Å². The summed E-state index contributed by atoms with van der Waals surface area (Å²) in [6.07, 6.45) is 2.73. The van der Waals surface area contributed by atoms with E-state index in [0.29, 0.717) is 30.9 Å². The highest BCUT2D eigenvalue weighted by atomic mass is 16.5. The van der Waals surface area contributed by atoms with Gasteiger partial charge in [0.15, 0.2) is 5.82 Å². The molecule has 3 rings (SSSR count). The van der Waals surface area contributed by atoms with Crippen LogP contribution in [0, 0.1) is 6.92 Å². The van der Waals surface area contributed by atoms with E-state index < -0.39 is 0 Å². The van der Waals surface area contributed by atoms with E-state index in [1.54, 1.807) is 6.20 Å². The molecule has 1 fully saturated rings. The van der Waals surface area contributed by atoms with Crippen LogP contribution in [0.1, 0.15) is 49.7 Å². The van der Waals surface area contributed by atoms with E-state index >= 15 is 0 Å². The molecule has 2 atom stereocenters. The zero-order chi connectivity index (χ0) is 17.8. The lowest BCUT2D eigenvalue weighted by Crippen LogP contribution is -2.34. The topological polar surface area (TPSA) is 80.7 Å². The maximum Gasteiger partial charge on any atom is 0.240 e. The Morgan fingerprint density at radius 1 is 1.44 bits per heavy atom. The van der Waals surface area contributed by atoms with Crippen LogP contribution < -0.4 is 0 Å². The van der Waals surface area contributed by atoms with Crippen LogP contribution in [-0.4, -0.2) is 57.7 Å². The summed E-state index contributed by atoms with van der Waals surface area (Å²) in [5, 5.41) is 4.02. The summed E-state index contributed by atoms with van der Waals surface area (Å²) in [6, 6.07) is 0.469. The van der Waals surface area contributed by atoms with Crippen LogP contribution in [0.15, 0.2) is 15.1 Å². The molecule has 0 amide bonds. The third-order valence-electron chi connectivity index (χ3n) is 4.55. The first kappa shape index (κ1) is 18.0. The smallest absolute Gasteiger partial charge is 0.240 e. The molecule has 2 aromatic heterocycles. The maximum absolute atomic E-state index is 5.57. The van der Waals surface area contributed by atoms with E-state index in [2.05, 4.69) is 32.0 Å². The molecule has 0 saturated carbocycles. The van der Waals surface area contributed by atoms with Crippen LogP contribution in [0.2, 0.25) is 0 Å². The van der Waals surface area contributed by atoms with Crippen molar-refractivity contribution in [3.63, 3.8) is 0 Å². The van der Waals surface area contributed by atoms with Crippen LogP contribution >= 0.6 is 0 Å². The van der Waals surface area contributed by atoms with Gasteiger partial charge in [-0.3, -0.25) is 9.80 Å². The number of aryl methyl sites for hydroxylation is 1. The number of likely N-dealkylation sites (N-methyl/N-ethyl adjacent to an activating group) is 1. The molecule has 8 nitrogen and oxygen atoms in total. The fourth-order valence-electron chi connectivity index (χ4n) is 3.15. The second kappa shape index (κ2) is 8.07. The highest BCUT2D eigenvalue weighted by Gasteiger charge is 2.28. The average molecular weight is 349 g/mol. The van der Waals surface area contributed by atoms with Crippen LogP contribution in [0.4, 0.5) is 0 Å². The molecule has 2 aromatic rings. The van der Waals surface area contributed by atoms with E-state index in [1.807, 2.05) is 20.8 Å². The van der Waals surface area contributed by atoms with Crippen LogP contribution in [-0.2, 0) is 17.8 Å². The minimum Gasteiger partial charge on any atom is -0.445 e. The summed E-state index contributed by atoms with van der Waals surface area (Å²) >= 11 is 0. The summed E-state index contributed by atoms with van der Waals surface area (Å²) in [7, 11) is 2.11. The number of ether oxygens (including phenoxy) is 1. The van der Waals surface area contributed by atoms with Gasteiger partial charge in [-0.25, -0.2) is 4.98 Å². The highest BCUT2D eigenvalue weighted by molar-refractivity contribution is 4.94. The molecular formula is C17H27N5O3. The lowest BCUT2D eigenvalue weighted by atomic mass is 10.2. The molecule has 138 valence electrons. The number of oxazole rings is 1. The Morgan fingerprint density at radius 2 is 2.28 bits per heavy atom. The van der Waals surface area contributed by atoms with Crippen molar-refractivity contribution in [2.75, 3.05) is 26.7 Å². The van der Waals surface area contributed by atoms with E-state index in [9.17, 15) is 0 Å². The Morgan fingerprint density at radius 3 is 3.00 bits per heavy atom. The minimum atomic E-state index is -0.135. The van der Waals surface area contributed by atoms with Crippen molar-refractivity contribution < 1.29 is 13.7 Å². The normalized spacial score (nSPS) is 19.8. The number of hydrogen-bond acceptors (Lipinski definition) is 8. The van der Waals surface area contributed by atoms with Gasteiger partial charge in [-0.1, -0.05) is 5.16 Å². The second-order valence-electron chi connectivity index (χ2n) is 6.60. The molecule has 0 aliphatic carbocycles. The van der Waals surface area contributed by atoms with Gasteiger partial charge in [-0.2, -0.15) is 4.98 Å². The molecule has 0 spiro atoms. The monoisotopic (exact) mass is 349 g/mol. The quantitative estimate of drug-likeness (QED) is 0.717. The van der Waals surface area contributed by atoms with Gasteiger partial charge in [-0.15, -0.1) is 0 Å². The molecule has 25 heavy (non-hydrogen) atoms. The molecule has 0 bridgehead atoms. The van der Waals surface area contributed by atoms with Crippen molar-refractivity contribution in [3.05, 3.63) is 29.6 Å². The maximum atomic E-state index is 5.57. The number of rotatable bonds is 8. The minimum absolute atomic E-state index is 0.135. The zero-order valence-corrected chi connectivity index (χ0v) is 15.4. The van der Waals surface area contributed by atoms with Crippen molar-refractivity contribution in [2.24, 2.45) is 0 Å². The van der Waals surface area contributed by atoms with E-state index in [-0.39, 0.29) is 6.10 Å². The first-order valence-electron chi connectivity index (χ1n) is 8.83. The van der Waals surface area contributed by atoms with Crippen LogP contribution in [0.25, 0.3) is 0 Å². The predicted molar refractivity (Wildman–Crippen MR) is 90.7 cm³/mol. The molecule has 0 unspecified atom stereocenters. The SMILES string of the molecule is CCO[C@H](C)c1noc(CN2CC[C@@H](N(C)Cc3ncc(C)o3)C2)n1. The Hall–Kier alpha value is -1.77. The average Bonchev–Trinajstić information content (AvgIpc) is 3.30. The Labute approximate surface area is 148 Å². The molecule has 3 heterocycles. The van der Waals surface area contributed by atoms with Crippen molar-refractivity contribution in [1.29, 1.82) is 0 Å². The van der Waals surface area contributed by atoms with Gasteiger partial charge in [0.25, 0.3) is 0 Å². The molecule has 0 aromatic carbocycles. The van der Waals surface area contributed by atoms with Gasteiger partial charge in [0.2, 0.25) is 11.8 Å². The first-order chi connectivity index (χ1) is 12.0. The van der Waals surface area contributed by atoms with E-state index in [0.717, 1.165) is 37.7 Å². The summed E-state index contributed by atoms with van der Waals surface area (Å²) in [6.45, 7) is 9.82. The van der Waals surface area contributed by atoms with Crippen molar-refractivity contribution in [3.8, 4) is 0 Å². The first-order valence-corrected chi connectivity index (χ1v) is 8.83. The summed E-state index contributed by atoms with van der Waals surface area (Å²) in [5.41, 5.74) is 0. The largest absolute Gasteiger partial charge is 0.445 e. The van der Waals surface area contributed by atoms with Gasteiger partial charge in [0.1, 0.15) is 11.9 Å². The van der Waals surface area contributed by atoms with Crippen LogP contribution in [0.5, 0.6) is 0 Å². The molecule has 1 saturated heterocycles. The number of nitrogens with zero attached hydrogens (tertiary/aromatic N) is 5. The van der Waals surface area contributed by atoms with Crippen molar-refractivity contribution >= 4 is 0 Å². The molecule has 1 aliphatic heterocycles. The number of hydrogen-bond donors (Lipinski definition) is 0. The van der Waals surface area contributed by atoms with Gasteiger partial charge < -0.3 is 13.7 Å². The standard InChI is InChI=1S/C17H27N5O3/c1-5-23-13(3)17-19-16(25-20-17)11-22-7-6-14(9-22)21(4)10-15-18-8-12(2)24-15/h8,13-14H,5-7,9-11H2,1-4H3/t13-,14-/m1/s1. The molecule has 1 aliphatic rings. The molecule has 8 heteroatoms. The summed E-state index contributed by atoms with van der Waals surface area (Å²) < 4.78 is 16.4. The molecule has 0 N–H and O–H groups in total. The third kappa shape index (κ3) is 4.65. The summed E-state index contributed by atoms with van der Waals surface area (Å²) in [5.74, 6) is 2.88. The van der Waals surface area contributed by atoms with E-state index in [4.69, 9.17) is 13.7 Å². The van der Waals surface area contributed by atoms with Gasteiger partial charge in [0.05, 0.1) is 19.3 Å². The fraction of sp³-hybridized carbons (Fsp3) is 0.706. The van der Waals surface area contributed by atoms with Gasteiger partial charge >= 0.3 is 0 Å². The van der Waals surface area contributed by atoms with Crippen molar-refractivity contribution in [2.45, 2.75) is 52.4 Å². The van der Waals surface area contributed by atoms with Crippen LogP contribution in [0.3, 0.4) is 0 Å². The third-order valence-corrected chi connectivity index (χ3v) is 4.55. The number of likely N-dealkylation sites (tertiary alicyclic amines) is 1. The lowest BCUT2D eigenvalue weighted by Gasteiger charge is -2.22. The highest BCUT2D eigenvalue weighted by Crippen LogP contribution is 2.19. The lowest BCUT2D eigenvalue weighted by molar-refractivity contribution is 0.0683. The Bertz CT molecular complexity index is 671. The Kier molecular flexibility index (Phi) is 5.82. The number of aromatic nitrogens is 3. The van der Waals surface area contributed by atoms with Gasteiger partial charge in [0, 0.05) is 25.7 Å². The second-order valence-corrected chi connectivity index (χ2v) is 6.60. The zero-order valence-electron chi connectivity index (χ0n) is 15.4. The fourth-order valence-corrected chi connectivity index (χ4v) is 3.15. The predicted octanol–water partition coefficient (Wildman–Crippen LogP) is 2.17. The summed E-state index contributed by atoms with van der Waals surface area (Å²) in [4.78, 5) is 13.4.